The Hall–Kier alpha value is -1.83. The van der Waals surface area contributed by atoms with Crippen LogP contribution in [-0.4, -0.2) is 48.8 Å². The molecule has 1 atom stereocenters. The molecule has 5 N–H and O–H groups in total. The zero-order chi connectivity index (χ0) is 14.0. The molecule has 0 heterocycles. The van der Waals surface area contributed by atoms with Crippen LogP contribution in [0.2, 0.25) is 0 Å². The highest BCUT2D eigenvalue weighted by Crippen LogP contribution is 1.97. The minimum absolute atomic E-state index is 0.0381. The van der Waals surface area contributed by atoms with Crippen LogP contribution >= 0.6 is 0 Å². The van der Waals surface area contributed by atoms with Crippen LogP contribution in [0.4, 0.5) is 4.79 Å². The third-order valence-electron chi connectivity index (χ3n) is 2.02. The Morgan fingerprint density at radius 2 is 2.06 bits per heavy atom. The van der Waals surface area contributed by atoms with E-state index in [1.165, 1.54) is 0 Å². The molecule has 8 nitrogen and oxygen atoms in total. The third kappa shape index (κ3) is 8.34. The Kier molecular flexibility index (Phi) is 8.29. The zero-order valence-corrected chi connectivity index (χ0v) is 10.3. The molecule has 0 aromatic heterocycles. The number of carboxylic acid groups (broad SMARTS) is 1. The number of hydrogen-bond acceptors (Lipinski definition) is 4. The van der Waals surface area contributed by atoms with Gasteiger partial charge < -0.3 is 26.2 Å². The SMILES string of the molecule is CCOCCNC(=O)NC(CCC(N)=O)C(=O)O. The number of aliphatic carboxylic acids is 1. The van der Waals surface area contributed by atoms with Crippen LogP contribution in [0.5, 0.6) is 0 Å². The lowest BCUT2D eigenvalue weighted by Crippen LogP contribution is -2.47. The summed E-state index contributed by atoms with van der Waals surface area (Å²) in [4.78, 5) is 32.7. The smallest absolute Gasteiger partial charge is 0.326 e. The van der Waals surface area contributed by atoms with Gasteiger partial charge in [-0.3, -0.25) is 4.79 Å². The molecule has 0 aliphatic carbocycles. The molecule has 104 valence electrons. The zero-order valence-electron chi connectivity index (χ0n) is 10.3. The number of carbonyl (C=O) groups is 3. The molecule has 0 aliphatic rings. The van der Waals surface area contributed by atoms with Gasteiger partial charge in [0.2, 0.25) is 5.91 Å². The molecular weight excluding hydrogens is 242 g/mol. The van der Waals surface area contributed by atoms with E-state index in [2.05, 4.69) is 10.6 Å². The summed E-state index contributed by atoms with van der Waals surface area (Å²) >= 11 is 0. The first kappa shape index (κ1) is 16.2. The number of primary amides is 1. The number of carbonyl (C=O) groups excluding carboxylic acids is 2. The lowest BCUT2D eigenvalue weighted by Gasteiger charge is -2.14. The van der Waals surface area contributed by atoms with Crippen LogP contribution in [0, 0.1) is 0 Å². The number of rotatable bonds is 9. The normalized spacial score (nSPS) is 11.6. The molecule has 3 amide bonds. The van der Waals surface area contributed by atoms with E-state index in [-0.39, 0.29) is 19.4 Å². The summed E-state index contributed by atoms with van der Waals surface area (Å²) in [7, 11) is 0. The molecule has 0 radical (unpaired) electrons. The van der Waals surface area contributed by atoms with Crippen molar-refractivity contribution in [1.29, 1.82) is 0 Å². The Morgan fingerprint density at radius 1 is 1.39 bits per heavy atom. The maximum Gasteiger partial charge on any atom is 0.326 e. The minimum atomic E-state index is -1.21. The minimum Gasteiger partial charge on any atom is -0.480 e. The number of amides is 3. The van der Waals surface area contributed by atoms with Crippen molar-refractivity contribution in [3.05, 3.63) is 0 Å². The summed E-state index contributed by atoms with van der Waals surface area (Å²) in [6, 6.07) is -1.75. The second-order valence-corrected chi connectivity index (χ2v) is 3.49. The highest BCUT2D eigenvalue weighted by molar-refractivity contribution is 5.83. The quantitative estimate of drug-likeness (QED) is 0.397. The average Bonchev–Trinajstić information content (AvgIpc) is 2.29. The number of nitrogens with two attached hydrogens (primary N) is 1. The number of ether oxygens (including phenoxy) is 1. The monoisotopic (exact) mass is 261 g/mol. The van der Waals surface area contributed by atoms with E-state index < -0.39 is 23.9 Å². The number of hydrogen-bond donors (Lipinski definition) is 4. The molecule has 18 heavy (non-hydrogen) atoms. The van der Waals surface area contributed by atoms with Crippen molar-refractivity contribution in [3.8, 4) is 0 Å². The first-order valence-electron chi connectivity index (χ1n) is 5.60. The van der Waals surface area contributed by atoms with E-state index in [0.717, 1.165) is 0 Å². The second-order valence-electron chi connectivity index (χ2n) is 3.49. The fourth-order valence-electron chi connectivity index (χ4n) is 1.13. The maximum atomic E-state index is 11.3. The van der Waals surface area contributed by atoms with Crippen LogP contribution in [0.1, 0.15) is 19.8 Å². The molecule has 0 saturated heterocycles. The van der Waals surface area contributed by atoms with Crippen LogP contribution in [0.25, 0.3) is 0 Å². The van der Waals surface area contributed by atoms with Gasteiger partial charge in [0.05, 0.1) is 6.61 Å². The van der Waals surface area contributed by atoms with E-state index in [0.29, 0.717) is 13.2 Å². The highest BCUT2D eigenvalue weighted by atomic mass is 16.5. The van der Waals surface area contributed by atoms with E-state index >= 15 is 0 Å². The van der Waals surface area contributed by atoms with Crippen LogP contribution in [-0.2, 0) is 14.3 Å². The number of carboxylic acids is 1. The van der Waals surface area contributed by atoms with Crippen molar-refractivity contribution >= 4 is 17.9 Å². The van der Waals surface area contributed by atoms with Gasteiger partial charge in [0.15, 0.2) is 0 Å². The van der Waals surface area contributed by atoms with Crippen molar-refractivity contribution in [2.45, 2.75) is 25.8 Å². The summed E-state index contributed by atoms with van der Waals surface area (Å²) < 4.78 is 5.00. The van der Waals surface area contributed by atoms with Gasteiger partial charge in [-0.15, -0.1) is 0 Å². The van der Waals surface area contributed by atoms with Crippen molar-refractivity contribution in [2.24, 2.45) is 5.73 Å². The Morgan fingerprint density at radius 3 is 2.56 bits per heavy atom. The third-order valence-corrected chi connectivity index (χ3v) is 2.02. The predicted octanol–water partition coefficient (Wildman–Crippen LogP) is -0.959. The molecule has 8 heteroatoms. The van der Waals surface area contributed by atoms with E-state index in [1.807, 2.05) is 6.92 Å². The highest BCUT2D eigenvalue weighted by Gasteiger charge is 2.20. The molecule has 0 spiro atoms. The van der Waals surface area contributed by atoms with Crippen molar-refractivity contribution in [3.63, 3.8) is 0 Å². The van der Waals surface area contributed by atoms with Crippen molar-refractivity contribution in [2.75, 3.05) is 19.8 Å². The predicted molar refractivity (Wildman–Crippen MR) is 62.9 cm³/mol. The van der Waals surface area contributed by atoms with Gasteiger partial charge >= 0.3 is 12.0 Å². The average molecular weight is 261 g/mol. The maximum absolute atomic E-state index is 11.3. The van der Waals surface area contributed by atoms with Gasteiger partial charge in [-0.1, -0.05) is 0 Å². The van der Waals surface area contributed by atoms with E-state index in [4.69, 9.17) is 15.6 Å². The molecule has 1 unspecified atom stereocenters. The molecule has 0 aromatic carbocycles. The lowest BCUT2D eigenvalue weighted by molar-refractivity contribution is -0.139. The van der Waals surface area contributed by atoms with Crippen molar-refractivity contribution < 1.29 is 24.2 Å². The fraction of sp³-hybridized carbons (Fsp3) is 0.700. The lowest BCUT2D eigenvalue weighted by atomic mass is 10.1. The van der Waals surface area contributed by atoms with Gasteiger partial charge in [-0.25, -0.2) is 9.59 Å². The molecule has 0 aromatic rings. The van der Waals surface area contributed by atoms with Gasteiger partial charge in [0, 0.05) is 19.6 Å². The molecule has 0 rings (SSSR count). The standard InChI is InChI=1S/C10H19N3O5/c1-2-18-6-5-12-10(17)13-7(9(15)16)3-4-8(11)14/h7H,2-6H2,1H3,(H2,11,14)(H,15,16)(H2,12,13,17). The Balaban J connectivity index is 3.96. The summed E-state index contributed by atoms with van der Waals surface area (Å²) in [6.45, 7) is 2.99. The van der Waals surface area contributed by atoms with Crippen molar-refractivity contribution in [1.82, 2.24) is 10.6 Å². The van der Waals surface area contributed by atoms with Crippen LogP contribution < -0.4 is 16.4 Å². The van der Waals surface area contributed by atoms with Gasteiger partial charge in [0.1, 0.15) is 6.04 Å². The summed E-state index contributed by atoms with van der Waals surface area (Å²) in [5.74, 6) is -1.82. The summed E-state index contributed by atoms with van der Waals surface area (Å²) in [5.41, 5.74) is 4.91. The topological polar surface area (TPSA) is 131 Å². The van der Waals surface area contributed by atoms with Crippen LogP contribution in [0.15, 0.2) is 0 Å². The number of nitrogens with one attached hydrogen (secondary N) is 2. The van der Waals surface area contributed by atoms with Gasteiger partial charge in [0.25, 0.3) is 0 Å². The van der Waals surface area contributed by atoms with E-state index in [9.17, 15) is 14.4 Å². The summed E-state index contributed by atoms with van der Waals surface area (Å²) in [6.07, 6.45) is -0.139. The first-order chi connectivity index (χ1) is 8.47. The Bertz CT molecular complexity index is 295. The second kappa shape index (κ2) is 9.23. The molecule has 0 fully saturated rings. The first-order valence-corrected chi connectivity index (χ1v) is 5.60. The van der Waals surface area contributed by atoms with Gasteiger partial charge in [-0.05, 0) is 13.3 Å². The fourth-order valence-corrected chi connectivity index (χ4v) is 1.13. The molecule has 0 bridgehead atoms. The molecule has 0 aliphatic heterocycles. The van der Waals surface area contributed by atoms with Crippen LogP contribution in [0.3, 0.4) is 0 Å². The number of urea groups is 1. The molecule has 0 saturated carbocycles. The summed E-state index contributed by atoms with van der Waals surface area (Å²) in [5, 5.41) is 13.5. The van der Waals surface area contributed by atoms with E-state index in [1.54, 1.807) is 0 Å². The Labute approximate surface area is 105 Å². The molecular formula is C10H19N3O5. The van der Waals surface area contributed by atoms with Gasteiger partial charge in [-0.2, -0.15) is 0 Å². The largest absolute Gasteiger partial charge is 0.480 e.